The highest BCUT2D eigenvalue weighted by Gasteiger charge is 2.42. The summed E-state index contributed by atoms with van der Waals surface area (Å²) >= 11 is 0. The molecule has 2 aliphatic rings. The molecule has 3 nitrogen and oxygen atoms in total. The predicted molar refractivity (Wildman–Crippen MR) is 57.4 cm³/mol. The Hall–Kier alpha value is -0.380. The van der Waals surface area contributed by atoms with E-state index in [0.29, 0.717) is 13.2 Å². The molecule has 3 heteroatoms. The zero-order valence-electron chi connectivity index (χ0n) is 9.62. The molecular weight excluding hydrogens is 192 g/mol. The van der Waals surface area contributed by atoms with E-state index in [1.807, 2.05) is 19.9 Å². The highest BCUT2D eigenvalue weighted by molar-refractivity contribution is 5.19. The van der Waals surface area contributed by atoms with Crippen LogP contribution < -0.4 is 0 Å². The van der Waals surface area contributed by atoms with E-state index < -0.39 is 5.97 Å². The Bertz CT molecular complexity index is 241. The Morgan fingerprint density at radius 3 is 2.67 bits per heavy atom. The van der Waals surface area contributed by atoms with Crippen LogP contribution in [0.5, 0.6) is 0 Å². The summed E-state index contributed by atoms with van der Waals surface area (Å²) in [5.41, 5.74) is 1.36. The van der Waals surface area contributed by atoms with Crippen molar-refractivity contribution in [2.24, 2.45) is 0 Å². The first kappa shape index (κ1) is 11.1. The van der Waals surface area contributed by atoms with Crippen LogP contribution in [0.1, 0.15) is 39.5 Å². The highest BCUT2D eigenvalue weighted by atomic mass is 16.9. The van der Waals surface area contributed by atoms with Crippen molar-refractivity contribution < 1.29 is 14.2 Å². The van der Waals surface area contributed by atoms with Crippen molar-refractivity contribution in [3.63, 3.8) is 0 Å². The van der Waals surface area contributed by atoms with E-state index in [-0.39, 0.29) is 6.10 Å². The van der Waals surface area contributed by atoms with Gasteiger partial charge in [-0.25, -0.2) is 0 Å². The molecule has 0 aromatic carbocycles. The fourth-order valence-corrected chi connectivity index (χ4v) is 2.36. The van der Waals surface area contributed by atoms with Gasteiger partial charge < -0.3 is 14.2 Å². The summed E-state index contributed by atoms with van der Waals surface area (Å²) in [6.07, 6.45) is 7.03. The highest BCUT2D eigenvalue weighted by Crippen LogP contribution is 2.38. The second kappa shape index (κ2) is 4.64. The van der Waals surface area contributed by atoms with Gasteiger partial charge in [-0.3, -0.25) is 0 Å². The molecule has 0 aromatic rings. The molecule has 0 aromatic heterocycles. The average molecular weight is 212 g/mol. The van der Waals surface area contributed by atoms with E-state index in [2.05, 4.69) is 0 Å². The molecule has 0 bridgehead atoms. The predicted octanol–water partition coefficient (Wildman–Crippen LogP) is 2.61. The maximum Gasteiger partial charge on any atom is 0.305 e. The second-order valence-corrected chi connectivity index (χ2v) is 4.04. The van der Waals surface area contributed by atoms with Crippen LogP contribution in [0.4, 0.5) is 0 Å². The summed E-state index contributed by atoms with van der Waals surface area (Å²) in [7, 11) is 0. The Balaban J connectivity index is 2.10. The van der Waals surface area contributed by atoms with Crippen LogP contribution in [-0.2, 0) is 14.2 Å². The molecule has 1 saturated carbocycles. The lowest BCUT2D eigenvalue weighted by Crippen LogP contribution is -2.36. The average Bonchev–Trinajstić information content (AvgIpc) is 2.56. The quantitative estimate of drug-likeness (QED) is 0.529. The van der Waals surface area contributed by atoms with Crippen LogP contribution in [-0.4, -0.2) is 25.3 Å². The fraction of sp³-hybridized carbons (Fsp3) is 0.833. The van der Waals surface area contributed by atoms with Crippen molar-refractivity contribution in [3.8, 4) is 0 Å². The Morgan fingerprint density at radius 2 is 2.07 bits per heavy atom. The van der Waals surface area contributed by atoms with Crippen LogP contribution in [0.15, 0.2) is 11.6 Å². The lowest BCUT2D eigenvalue weighted by atomic mass is 9.93. The molecule has 86 valence electrons. The summed E-state index contributed by atoms with van der Waals surface area (Å²) in [5, 5.41) is 0. The fourth-order valence-electron chi connectivity index (χ4n) is 2.36. The molecular formula is C12H20O3. The van der Waals surface area contributed by atoms with E-state index in [1.165, 1.54) is 18.4 Å². The van der Waals surface area contributed by atoms with Crippen LogP contribution in [0.2, 0.25) is 0 Å². The Labute approximate surface area is 91.4 Å². The lowest BCUT2D eigenvalue weighted by molar-refractivity contribution is -0.348. The largest absolute Gasteiger partial charge is 0.324 e. The number of fused-ring (bicyclic) bond motifs is 1. The summed E-state index contributed by atoms with van der Waals surface area (Å²) < 4.78 is 17.1. The minimum atomic E-state index is -0.881. The maximum atomic E-state index is 5.90. The van der Waals surface area contributed by atoms with Crippen molar-refractivity contribution >= 4 is 0 Å². The molecule has 0 radical (unpaired) electrons. The van der Waals surface area contributed by atoms with Crippen LogP contribution in [0.25, 0.3) is 0 Å². The van der Waals surface area contributed by atoms with Crippen LogP contribution >= 0.6 is 0 Å². The van der Waals surface area contributed by atoms with Gasteiger partial charge in [0.2, 0.25) is 0 Å². The third-order valence-electron chi connectivity index (χ3n) is 2.96. The van der Waals surface area contributed by atoms with E-state index in [4.69, 9.17) is 14.2 Å². The number of hydrogen-bond acceptors (Lipinski definition) is 3. The molecule has 0 saturated heterocycles. The van der Waals surface area contributed by atoms with Gasteiger partial charge in [-0.15, -0.1) is 0 Å². The summed E-state index contributed by atoms with van der Waals surface area (Å²) in [6, 6.07) is 0. The molecule has 0 amide bonds. The van der Waals surface area contributed by atoms with Crippen molar-refractivity contribution in [3.05, 3.63) is 11.6 Å². The Kier molecular flexibility index (Phi) is 3.44. The SMILES string of the molecule is CCOC1(OCC)C=C2CCCCC2O1. The zero-order chi connectivity index (χ0) is 10.7. The normalized spacial score (nSPS) is 28.7. The smallest absolute Gasteiger partial charge is 0.305 e. The monoisotopic (exact) mass is 212 g/mol. The first-order valence-corrected chi connectivity index (χ1v) is 5.97. The minimum Gasteiger partial charge on any atom is -0.324 e. The van der Waals surface area contributed by atoms with Crippen molar-refractivity contribution in [2.75, 3.05) is 13.2 Å². The van der Waals surface area contributed by atoms with E-state index >= 15 is 0 Å². The molecule has 1 fully saturated rings. The topological polar surface area (TPSA) is 27.7 Å². The Morgan fingerprint density at radius 1 is 1.33 bits per heavy atom. The molecule has 15 heavy (non-hydrogen) atoms. The number of hydrogen-bond donors (Lipinski definition) is 0. The van der Waals surface area contributed by atoms with Crippen molar-refractivity contribution in [1.82, 2.24) is 0 Å². The first-order valence-electron chi connectivity index (χ1n) is 5.97. The third-order valence-corrected chi connectivity index (χ3v) is 2.96. The maximum absolute atomic E-state index is 5.90. The molecule has 1 heterocycles. The van der Waals surface area contributed by atoms with Gasteiger partial charge in [-0.2, -0.15) is 0 Å². The van der Waals surface area contributed by atoms with Gasteiger partial charge in [-0.1, -0.05) is 6.42 Å². The second-order valence-electron chi connectivity index (χ2n) is 4.04. The standard InChI is InChI=1S/C12H20O3/c1-3-13-12(14-4-2)9-10-7-5-6-8-11(10)15-12/h9,11H,3-8H2,1-2H3. The van der Waals surface area contributed by atoms with Crippen LogP contribution in [0, 0.1) is 0 Å². The van der Waals surface area contributed by atoms with Gasteiger partial charge >= 0.3 is 5.97 Å². The number of ether oxygens (including phenoxy) is 3. The van der Waals surface area contributed by atoms with Crippen molar-refractivity contribution in [1.29, 1.82) is 0 Å². The molecule has 0 N–H and O–H groups in total. The molecule has 1 atom stereocenters. The first-order chi connectivity index (χ1) is 7.29. The van der Waals surface area contributed by atoms with E-state index in [0.717, 1.165) is 12.8 Å². The number of rotatable bonds is 4. The van der Waals surface area contributed by atoms with Gasteiger partial charge in [0, 0.05) is 19.3 Å². The third kappa shape index (κ3) is 2.25. The summed E-state index contributed by atoms with van der Waals surface area (Å²) in [6.45, 7) is 5.14. The van der Waals surface area contributed by atoms with Crippen molar-refractivity contribution in [2.45, 2.75) is 51.6 Å². The molecule has 2 rings (SSSR count). The zero-order valence-corrected chi connectivity index (χ0v) is 9.62. The van der Waals surface area contributed by atoms with Gasteiger partial charge in [0.15, 0.2) is 0 Å². The van der Waals surface area contributed by atoms with Gasteiger partial charge in [0.25, 0.3) is 0 Å². The minimum absolute atomic E-state index is 0.233. The van der Waals surface area contributed by atoms with E-state index in [9.17, 15) is 0 Å². The molecule has 0 spiro atoms. The van der Waals surface area contributed by atoms with Gasteiger partial charge in [0.05, 0.1) is 6.10 Å². The summed E-state index contributed by atoms with van der Waals surface area (Å²) in [5.74, 6) is -0.881. The van der Waals surface area contributed by atoms with E-state index in [1.54, 1.807) is 0 Å². The summed E-state index contributed by atoms with van der Waals surface area (Å²) in [4.78, 5) is 0. The molecule has 1 unspecified atom stereocenters. The van der Waals surface area contributed by atoms with Crippen LogP contribution in [0.3, 0.4) is 0 Å². The molecule has 1 aliphatic carbocycles. The van der Waals surface area contributed by atoms with Gasteiger partial charge in [-0.05, 0) is 38.7 Å². The molecule has 1 aliphatic heterocycles. The lowest BCUT2D eigenvalue weighted by Gasteiger charge is -2.28. The van der Waals surface area contributed by atoms with Gasteiger partial charge in [0.1, 0.15) is 0 Å².